The van der Waals surface area contributed by atoms with Gasteiger partial charge in [0.15, 0.2) is 0 Å². The number of sulfone groups is 1. The summed E-state index contributed by atoms with van der Waals surface area (Å²) in [6, 6.07) is 8.08. The fourth-order valence-electron chi connectivity index (χ4n) is 4.59. The Morgan fingerprint density at radius 3 is 2.70 bits per heavy atom. The number of hydrogen-bond acceptors (Lipinski definition) is 5. The molecule has 0 bridgehead atoms. The van der Waals surface area contributed by atoms with Crippen molar-refractivity contribution in [3.63, 3.8) is 0 Å². The van der Waals surface area contributed by atoms with E-state index in [0.717, 1.165) is 24.3 Å². The van der Waals surface area contributed by atoms with Crippen molar-refractivity contribution < 1.29 is 13.2 Å². The van der Waals surface area contributed by atoms with Crippen molar-refractivity contribution in [3.05, 3.63) is 46.7 Å². The molecule has 0 amide bonds. The Kier molecular flexibility index (Phi) is 4.29. The molecule has 0 spiro atoms. The van der Waals surface area contributed by atoms with Gasteiger partial charge in [-0.05, 0) is 65.5 Å². The van der Waals surface area contributed by atoms with E-state index >= 15 is 0 Å². The number of nitrogens with zero attached hydrogens (tertiary/aromatic N) is 2. The number of fused-ring (bicyclic) bond motifs is 3. The van der Waals surface area contributed by atoms with Crippen molar-refractivity contribution in [3.8, 4) is 5.75 Å². The third kappa shape index (κ3) is 2.91. The monoisotopic (exact) mass is 448 g/mol. The van der Waals surface area contributed by atoms with E-state index in [9.17, 15) is 8.42 Å². The molecule has 5 rings (SSSR count). The van der Waals surface area contributed by atoms with Crippen molar-refractivity contribution in [2.45, 2.75) is 53.5 Å². The van der Waals surface area contributed by atoms with Gasteiger partial charge >= 0.3 is 0 Å². The summed E-state index contributed by atoms with van der Waals surface area (Å²) in [5.74, 6) is 1.16. The topological polar surface area (TPSA) is 59.5 Å². The van der Waals surface area contributed by atoms with Crippen LogP contribution >= 0.6 is 15.9 Å². The van der Waals surface area contributed by atoms with Crippen LogP contribution in [0, 0.1) is 0 Å². The van der Waals surface area contributed by atoms with Gasteiger partial charge in [-0.2, -0.15) is 0 Å². The Morgan fingerprint density at radius 1 is 1.11 bits per heavy atom. The summed E-state index contributed by atoms with van der Waals surface area (Å²) in [5.41, 5.74) is 1.15. The van der Waals surface area contributed by atoms with Gasteiger partial charge in [-0.3, -0.25) is 9.88 Å². The van der Waals surface area contributed by atoms with Crippen molar-refractivity contribution in [2.24, 2.45) is 0 Å². The quantitative estimate of drug-likeness (QED) is 0.714. The Bertz CT molecular complexity index is 990. The van der Waals surface area contributed by atoms with Crippen LogP contribution in [0.1, 0.15) is 37.2 Å². The van der Waals surface area contributed by atoms with Crippen LogP contribution in [0.25, 0.3) is 0 Å². The summed E-state index contributed by atoms with van der Waals surface area (Å²) >= 11 is 3.29. The molecule has 5 nitrogen and oxygen atoms in total. The second-order valence-electron chi connectivity index (χ2n) is 7.64. The van der Waals surface area contributed by atoms with E-state index < -0.39 is 9.84 Å². The largest absolute Gasteiger partial charge is 0.492 e. The first kappa shape index (κ1) is 17.6. The van der Waals surface area contributed by atoms with Gasteiger partial charge in [-0.15, -0.1) is 0 Å². The average molecular weight is 449 g/mol. The van der Waals surface area contributed by atoms with Gasteiger partial charge in [0, 0.05) is 28.8 Å². The van der Waals surface area contributed by atoms with Crippen LogP contribution in [0.2, 0.25) is 0 Å². The van der Waals surface area contributed by atoms with E-state index in [-0.39, 0.29) is 9.79 Å². The molecule has 1 aromatic carbocycles. The number of pyridine rings is 1. The predicted molar refractivity (Wildman–Crippen MR) is 105 cm³/mol. The molecule has 2 aromatic rings. The number of benzene rings is 1. The first-order valence-corrected chi connectivity index (χ1v) is 11.7. The van der Waals surface area contributed by atoms with Crippen LogP contribution in [0.4, 0.5) is 0 Å². The highest BCUT2D eigenvalue weighted by Gasteiger charge is 2.44. The van der Waals surface area contributed by atoms with Gasteiger partial charge in [0.05, 0.1) is 15.8 Å². The van der Waals surface area contributed by atoms with E-state index in [0.29, 0.717) is 29.1 Å². The molecule has 2 aliphatic heterocycles. The summed E-state index contributed by atoms with van der Waals surface area (Å²) in [5, 5.41) is 0. The van der Waals surface area contributed by atoms with Crippen LogP contribution in [0.3, 0.4) is 0 Å². The summed E-state index contributed by atoms with van der Waals surface area (Å²) < 4.78 is 32.6. The molecule has 2 fully saturated rings. The zero-order chi connectivity index (χ0) is 18.6. The number of likely N-dealkylation sites (tertiary alicyclic amines) is 1. The Labute approximate surface area is 167 Å². The molecule has 1 aliphatic carbocycles. The number of aromatic nitrogens is 1. The Balaban J connectivity index is 1.46. The van der Waals surface area contributed by atoms with Crippen LogP contribution in [-0.2, 0) is 9.84 Å². The molecule has 2 unspecified atom stereocenters. The predicted octanol–water partition coefficient (Wildman–Crippen LogP) is 3.78. The Morgan fingerprint density at radius 2 is 1.96 bits per heavy atom. The van der Waals surface area contributed by atoms with Crippen molar-refractivity contribution in [2.75, 3.05) is 13.2 Å². The zero-order valence-electron chi connectivity index (χ0n) is 14.8. The first-order chi connectivity index (χ1) is 13.0. The number of hydrogen-bond donors (Lipinski definition) is 0. The zero-order valence-corrected chi connectivity index (χ0v) is 17.2. The third-order valence-electron chi connectivity index (χ3n) is 6.23. The summed E-state index contributed by atoms with van der Waals surface area (Å²) in [4.78, 5) is 7.04. The van der Waals surface area contributed by atoms with E-state index in [1.807, 2.05) is 6.07 Å². The van der Waals surface area contributed by atoms with E-state index in [1.54, 1.807) is 24.4 Å². The van der Waals surface area contributed by atoms with Gasteiger partial charge in [0.1, 0.15) is 12.4 Å². The Hall–Kier alpha value is -1.44. The van der Waals surface area contributed by atoms with Crippen LogP contribution in [0.5, 0.6) is 5.75 Å². The maximum absolute atomic E-state index is 13.0. The van der Waals surface area contributed by atoms with E-state index in [1.165, 1.54) is 25.5 Å². The highest BCUT2D eigenvalue weighted by Crippen LogP contribution is 2.45. The van der Waals surface area contributed by atoms with E-state index in [2.05, 4.69) is 25.8 Å². The minimum absolute atomic E-state index is 0.183. The summed E-state index contributed by atoms with van der Waals surface area (Å²) in [7, 11) is -3.62. The van der Waals surface area contributed by atoms with Crippen LogP contribution < -0.4 is 4.74 Å². The molecule has 1 saturated heterocycles. The molecule has 1 aromatic heterocycles. The molecule has 0 radical (unpaired) electrons. The van der Waals surface area contributed by atoms with Gasteiger partial charge < -0.3 is 4.74 Å². The lowest BCUT2D eigenvalue weighted by Gasteiger charge is -2.41. The highest BCUT2D eigenvalue weighted by atomic mass is 79.9. The smallest absolute Gasteiger partial charge is 0.208 e. The molecule has 142 valence electrons. The van der Waals surface area contributed by atoms with Gasteiger partial charge in [-0.1, -0.05) is 12.5 Å². The standard InChI is InChI=1S/C20H21BrN2O3S/c21-13-8-16(11-22-10-13)27(24,25)15-4-5-18-17-6-7-23(14-2-1-3-14)19(17)12-26-20(18)9-15/h4-5,8-11,14,17,19H,1-3,6-7,12H2. The molecule has 2 atom stereocenters. The maximum atomic E-state index is 13.0. The second-order valence-corrected chi connectivity index (χ2v) is 10.5. The fraction of sp³-hybridized carbons (Fsp3) is 0.450. The van der Waals surface area contributed by atoms with Gasteiger partial charge in [0.2, 0.25) is 9.84 Å². The maximum Gasteiger partial charge on any atom is 0.208 e. The number of ether oxygens (including phenoxy) is 1. The molecular formula is C20H21BrN2O3S. The summed E-state index contributed by atoms with van der Waals surface area (Å²) in [6.45, 7) is 1.77. The normalized spacial score (nSPS) is 25.4. The third-order valence-corrected chi connectivity index (χ3v) is 8.38. The highest BCUT2D eigenvalue weighted by molar-refractivity contribution is 9.10. The molecule has 3 heterocycles. The minimum Gasteiger partial charge on any atom is -0.492 e. The SMILES string of the molecule is O=S(=O)(c1cncc(Br)c1)c1ccc2c(c1)OCC1C2CCN1C1CCC1. The van der Waals surface area contributed by atoms with Crippen molar-refractivity contribution >= 4 is 25.8 Å². The summed E-state index contributed by atoms with van der Waals surface area (Å²) in [6.07, 6.45) is 8.01. The van der Waals surface area contributed by atoms with Crippen molar-refractivity contribution in [1.82, 2.24) is 9.88 Å². The van der Waals surface area contributed by atoms with Crippen LogP contribution in [-0.4, -0.2) is 43.5 Å². The number of halogens is 1. The number of rotatable bonds is 3. The molecule has 7 heteroatoms. The molecule has 1 saturated carbocycles. The van der Waals surface area contributed by atoms with E-state index in [4.69, 9.17) is 4.74 Å². The van der Waals surface area contributed by atoms with Gasteiger partial charge in [0.25, 0.3) is 0 Å². The average Bonchev–Trinajstić information content (AvgIpc) is 3.04. The first-order valence-electron chi connectivity index (χ1n) is 9.42. The minimum atomic E-state index is -3.62. The van der Waals surface area contributed by atoms with Crippen molar-refractivity contribution in [1.29, 1.82) is 0 Å². The molecule has 3 aliphatic rings. The lowest BCUT2D eigenvalue weighted by Crippen LogP contribution is -2.47. The van der Waals surface area contributed by atoms with Crippen LogP contribution in [0.15, 0.2) is 50.9 Å². The lowest BCUT2D eigenvalue weighted by molar-refractivity contribution is 0.0717. The fourth-order valence-corrected chi connectivity index (χ4v) is 6.37. The lowest BCUT2D eigenvalue weighted by atomic mass is 9.87. The molecule has 27 heavy (non-hydrogen) atoms. The van der Waals surface area contributed by atoms with Gasteiger partial charge in [-0.25, -0.2) is 8.42 Å². The second kappa shape index (κ2) is 6.57. The molecule has 0 N–H and O–H groups in total. The molecular weight excluding hydrogens is 428 g/mol.